The standard InChI is InChI=1S/C58H48N4Si.C55H42N4Si/c1-58(2,3)63(4,5)46-32-30-45(31-33-46)62-54-23-15-13-21-48(54)50-37-43(27-35-56(50)62)42-26-34-55-49(36-42)47-20-12-14-22-53(47)61(55)44-28-24-40(25-29-44)52-38-51(39-16-8-6-9-17-39)59-57(60-52)41-18-10-7-11-19-41;1-60(2,3)44-30-24-38(25-31-44)50-36-49(56-55(57-50)39-14-6-4-7-15-39)37-22-28-43(29-23-37)59-52-21-13-11-19-46(52)48-35-41(27-33-54(48)59)40-26-32-53-47(34-40)45-18-10-12-20-51(45)58(53)42-16-8-5-9-17-42/h6-38H,1-5H3;4-36H,1-3H3. The molecular formula is C113H90N8Si2. The van der Waals surface area contributed by atoms with E-state index in [1.54, 1.807) is 0 Å². The van der Waals surface area contributed by atoms with Crippen molar-refractivity contribution in [2.24, 2.45) is 0 Å². The van der Waals surface area contributed by atoms with Gasteiger partial charge in [0.05, 0.1) is 83.1 Å². The highest BCUT2D eigenvalue weighted by Gasteiger charge is 2.37. The van der Waals surface area contributed by atoms with Crippen molar-refractivity contribution in [1.82, 2.24) is 38.2 Å². The summed E-state index contributed by atoms with van der Waals surface area (Å²) in [5, 5.41) is 13.2. The van der Waals surface area contributed by atoms with Gasteiger partial charge in [-0.05, 0) is 161 Å². The largest absolute Gasteiger partial charge is 0.309 e. The maximum absolute atomic E-state index is 5.13. The van der Waals surface area contributed by atoms with Crippen molar-refractivity contribution in [1.29, 1.82) is 0 Å². The van der Waals surface area contributed by atoms with E-state index in [1.165, 1.54) is 131 Å². The minimum absolute atomic E-state index is 0.280. The van der Waals surface area contributed by atoms with Crippen LogP contribution in [-0.4, -0.2) is 54.4 Å². The van der Waals surface area contributed by atoms with Crippen LogP contribution < -0.4 is 10.4 Å². The molecule has 0 N–H and O–H groups in total. The molecule has 10 heteroatoms. The van der Waals surface area contributed by atoms with Gasteiger partial charge in [0, 0.05) is 99.2 Å². The van der Waals surface area contributed by atoms with Gasteiger partial charge in [0.2, 0.25) is 0 Å². The molecule has 0 saturated carbocycles. The third kappa shape index (κ3) is 13.7. The molecule has 0 atom stereocenters. The number of fused-ring (bicyclic) bond motifs is 12. The highest BCUT2D eigenvalue weighted by atomic mass is 28.3. The van der Waals surface area contributed by atoms with Crippen LogP contribution in [0.25, 0.3) is 200 Å². The van der Waals surface area contributed by atoms with Crippen molar-refractivity contribution in [3.63, 3.8) is 0 Å². The highest BCUT2D eigenvalue weighted by molar-refractivity contribution is 6.92. The molecule has 0 radical (unpaired) electrons. The number of para-hydroxylation sites is 5. The average molecular weight is 1620 g/mol. The molecule has 0 spiro atoms. The van der Waals surface area contributed by atoms with Crippen LogP contribution in [-0.2, 0) is 0 Å². The second-order valence-electron chi connectivity index (χ2n) is 35.0. The van der Waals surface area contributed by atoms with Gasteiger partial charge in [-0.1, -0.05) is 331 Å². The van der Waals surface area contributed by atoms with E-state index in [2.05, 4.69) is 430 Å². The lowest BCUT2D eigenvalue weighted by atomic mass is 10.0. The fourth-order valence-electron chi connectivity index (χ4n) is 18.0. The van der Waals surface area contributed by atoms with Crippen LogP contribution in [0.3, 0.4) is 0 Å². The van der Waals surface area contributed by atoms with Crippen LogP contribution in [0.2, 0.25) is 37.8 Å². The molecule has 0 aliphatic heterocycles. The number of hydrogen-bond donors (Lipinski definition) is 0. The van der Waals surface area contributed by atoms with Gasteiger partial charge in [0.25, 0.3) is 0 Å². The molecular weight excluding hydrogens is 1530 g/mol. The van der Waals surface area contributed by atoms with E-state index in [0.29, 0.717) is 5.82 Å². The summed E-state index contributed by atoms with van der Waals surface area (Å²) in [6.45, 7) is 19.3. The van der Waals surface area contributed by atoms with Crippen LogP contribution in [0, 0.1) is 0 Å². The monoisotopic (exact) mass is 1610 g/mol. The maximum atomic E-state index is 5.13. The number of hydrogen-bond acceptors (Lipinski definition) is 4. The molecule has 6 heterocycles. The van der Waals surface area contributed by atoms with Gasteiger partial charge in [-0.2, -0.15) is 0 Å². The molecule has 0 aliphatic rings. The zero-order valence-electron chi connectivity index (χ0n) is 70.2. The Hall–Kier alpha value is -14.7. The van der Waals surface area contributed by atoms with Gasteiger partial charge in [0.15, 0.2) is 11.6 Å². The SMILES string of the molecule is CC(C)(C)[Si](C)(C)c1ccc(-n2c3ccccc3c3cc(-c4ccc5c(c4)c4ccccc4n5-c4ccc(-c5cc(-c6ccccc6)nc(-c6ccccc6)n5)cc4)ccc32)cc1.C[Si](C)(C)c1ccc(-c2cc(-c3ccc(-n4c5ccccc5c5cc(-c6ccc7c(c6)c6ccccc6n7-c6ccccc6)ccc54)cc3)nc(-c3ccccc3)n2)cc1. The Morgan fingerprint density at radius 3 is 0.724 bits per heavy atom. The normalized spacial score (nSPS) is 12.1. The van der Waals surface area contributed by atoms with E-state index in [4.69, 9.17) is 19.9 Å². The van der Waals surface area contributed by atoms with Crippen molar-refractivity contribution in [3.8, 4) is 113 Å². The summed E-state index contributed by atoms with van der Waals surface area (Å²) < 4.78 is 9.57. The predicted molar refractivity (Wildman–Crippen MR) is 525 cm³/mol. The van der Waals surface area contributed by atoms with Gasteiger partial charge in [0.1, 0.15) is 0 Å². The summed E-state index contributed by atoms with van der Waals surface area (Å²) in [6, 6.07) is 145. The zero-order valence-corrected chi connectivity index (χ0v) is 72.2. The first kappa shape index (κ1) is 75.8. The predicted octanol–water partition coefficient (Wildman–Crippen LogP) is 28.9. The fraction of sp³-hybridized carbons (Fsp3) is 0.0796. The molecule has 0 bridgehead atoms. The topological polar surface area (TPSA) is 71.3 Å². The number of rotatable bonds is 14. The first-order valence-corrected chi connectivity index (χ1v) is 49.1. The molecule has 22 rings (SSSR count). The Kier molecular flexibility index (Phi) is 18.8. The number of nitrogens with zero attached hydrogens (tertiary/aromatic N) is 8. The van der Waals surface area contributed by atoms with Crippen molar-refractivity contribution in [2.75, 3.05) is 0 Å². The highest BCUT2D eigenvalue weighted by Crippen LogP contribution is 2.44. The molecule has 0 aliphatic carbocycles. The first-order valence-electron chi connectivity index (χ1n) is 42.6. The molecule has 590 valence electrons. The fourth-order valence-corrected chi connectivity index (χ4v) is 21.0. The van der Waals surface area contributed by atoms with Crippen LogP contribution >= 0.6 is 0 Å². The van der Waals surface area contributed by atoms with Crippen molar-refractivity contribution >= 4 is 114 Å². The van der Waals surface area contributed by atoms with E-state index in [-0.39, 0.29) is 5.04 Å². The molecule has 0 fully saturated rings. The molecule has 0 saturated heterocycles. The smallest absolute Gasteiger partial charge is 0.160 e. The second-order valence-corrected chi connectivity index (χ2v) is 45.4. The van der Waals surface area contributed by atoms with E-state index < -0.39 is 16.1 Å². The Morgan fingerprint density at radius 2 is 0.423 bits per heavy atom. The lowest BCUT2D eigenvalue weighted by Crippen LogP contribution is -2.49. The summed E-state index contributed by atoms with van der Waals surface area (Å²) in [4.78, 5) is 20.3. The third-order valence-electron chi connectivity index (χ3n) is 25.6. The van der Waals surface area contributed by atoms with Gasteiger partial charge in [-0.25, -0.2) is 19.9 Å². The maximum Gasteiger partial charge on any atom is 0.160 e. The summed E-state index contributed by atoms with van der Waals surface area (Å²) in [5.74, 6) is 1.44. The lowest BCUT2D eigenvalue weighted by molar-refractivity contribution is 0.729. The Labute approximate surface area is 718 Å². The number of aromatic nitrogens is 8. The van der Waals surface area contributed by atoms with Crippen molar-refractivity contribution < 1.29 is 0 Å². The molecule has 0 unspecified atom stereocenters. The minimum atomic E-state index is -1.65. The molecule has 0 amide bonds. The number of benzene rings is 16. The molecule has 123 heavy (non-hydrogen) atoms. The average Bonchev–Trinajstić information content (AvgIpc) is 1.59. The van der Waals surface area contributed by atoms with Gasteiger partial charge in [-0.15, -0.1) is 0 Å². The first-order chi connectivity index (χ1) is 60.0. The lowest BCUT2D eigenvalue weighted by Gasteiger charge is -2.37. The van der Waals surface area contributed by atoms with Crippen LogP contribution in [0.15, 0.2) is 400 Å². The van der Waals surface area contributed by atoms with Crippen LogP contribution in [0.4, 0.5) is 0 Å². The molecule has 16 aromatic carbocycles. The Bertz CT molecular complexity index is 7730. The molecule has 8 nitrogen and oxygen atoms in total. The van der Waals surface area contributed by atoms with Gasteiger partial charge >= 0.3 is 0 Å². The Morgan fingerprint density at radius 1 is 0.195 bits per heavy atom. The second kappa shape index (κ2) is 30.5. The van der Waals surface area contributed by atoms with Crippen LogP contribution in [0.1, 0.15) is 20.8 Å². The molecule has 6 aromatic heterocycles. The summed E-state index contributed by atoms with van der Waals surface area (Å²) in [7, 11) is -3.08. The summed E-state index contributed by atoms with van der Waals surface area (Å²) in [6.07, 6.45) is 0. The van der Waals surface area contributed by atoms with Crippen LogP contribution in [0.5, 0.6) is 0 Å². The zero-order chi connectivity index (χ0) is 83.2. The molecule has 22 aromatic rings. The van der Waals surface area contributed by atoms with E-state index in [1.807, 2.05) is 42.5 Å². The third-order valence-corrected chi connectivity index (χ3v) is 33.2. The van der Waals surface area contributed by atoms with E-state index >= 15 is 0 Å². The quantitative estimate of drug-likeness (QED) is 0.102. The summed E-state index contributed by atoms with van der Waals surface area (Å²) >= 11 is 0. The van der Waals surface area contributed by atoms with Crippen molar-refractivity contribution in [3.05, 3.63) is 400 Å². The Balaban J connectivity index is 0.000000151. The van der Waals surface area contributed by atoms with E-state index in [9.17, 15) is 0 Å². The van der Waals surface area contributed by atoms with E-state index in [0.717, 1.165) is 73.4 Å². The summed E-state index contributed by atoms with van der Waals surface area (Å²) in [5.41, 5.74) is 28.8. The van der Waals surface area contributed by atoms with Crippen molar-refractivity contribution in [2.45, 2.75) is 58.5 Å². The van der Waals surface area contributed by atoms with Gasteiger partial charge in [-0.3, -0.25) is 0 Å². The minimum Gasteiger partial charge on any atom is -0.309 e. The van der Waals surface area contributed by atoms with Gasteiger partial charge < -0.3 is 18.3 Å².